The summed E-state index contributed by atoms with van der Waals surface area (Å²) in [5, 5.41) is 8.82. The highest BCUT2D eigenvalue weighted by Crippen LogP contribution is 2.31. The molecule has 26 heavy (non-hydrogen) atoms. The van der Waals surface area contributed by atoms with Crippen LogP contribution in [0.25, 0.3) is 11.0 Å². The van der Waals surface area contributed by atoms with Gasteiger partial charge in [-0.15, -0.1) is 0 Å². The van der Waals surface area contributed by atoms with Crippen LogP contribution in [0.1, 0.15) is 12.2 Å². The van der Waals surface area contributed by atoms with Crippen molar-refractivity contribution in [1.82, 2.24) is 14.5 Å². The van der Waals surface area contributed by atoms with E-state index in [9.17, 15) is 22.8 Å². The number of halogens is 3. The van der Waals surface area contributed by atoms with Gasteiger partial charge < -0.3 is 19.3 Å². The predicted octanol–water partition coefficient (Wildman–Crippen LogP) is 1.76. The molecule has 0 bridgehead atoms. The van der Waals surface area contributed by atoms with Gasteiger partial charge in [-0.3, -0.25) is 9.59 Å². The van der Waals surface area contributed by atoms with Gasteiger partial charge in [-0.25, -0.2) is 4.98 Å². The third-order valence-corrected chi connectivity index (χ3v) is 4.10. The van der Waals surface area contributed by atoms with E-state index in [1.165, 1.54) is 17.0 Å². The SMILES string of the molecule is O=C(O)CC1CN(C(=O)Cn2c(C(F)(F)F)nc3ccccc32)CCO1. The summed E-state index contributed by atoms with van der Waals surface area (Å²) in [6.07, 6.45) is -5.64. The maximum absolute atomic E-state index is 13.3. The molecule has 1 saturated heterocycles. The van der Waals surface area contributed by atoms with E-state index >= 15 is 0 Å². The molecule has 2 heterocycles. The molecule has 1 aliphatic rings. The number of carboxylic acid groups (broad SMARTS) is 1. The van der Waals surface area contributed by atoms with Crippen molar-refractivity contribution in [3.63, 3.8) is 0 Å². The zero-order chi connectivity index (χ0) is 18.9. The van der Waals surface area contributed by atoms with E-state index in [-0.39, 0.29) is 37.2 Å². The number of aromatic nitrogens is 2. The van der Waals surface area contributed by atoms with Crippen LogP contribution in [0.2, 0.25) is 0 Å². The van der Waals surface area contributed by atoms with Gasteiger partial charge in [-0.1, -0.05) is 12.1 Å². The van der Waals surface area contributed by atoms with E-state index in [4.69, 9.17) is 9.84 Å². The lowest BCUT2D eigenvalue weighted by Gasteiger charge is -2.32. The van der Waals surface area contributed by atoms with Gasteiger partial charge in [-0.2, -0.15) is 13.2 Å². The van der Waals surface area contributed by atoms with Crippen LogP contribution in [0, 0.1) is 0 Å². The summed E-state index contributed by atoms with van der Waals surface area (Å²) in [6.45, 7) is -0.169. The lowest BCUT2D eigenvalue weighted by atomic mass is 10.2. The first-order valence-electron chi connectivity index (χ1n) is 7.89. The van der Waals surface area contributed by atoms with Gasteiger partial charge in [0.15, 0.2) is 0 Å². The summed E-state index contributed by atoms with van der Waals surface area (Å²) in [5.74, 6) is -2.75. The third kappa shape index (κ3) is 3.79. The molecule has 140 valence electrons. The van der Waals surface area contributed by atoms with Crippen molar-refractivity contribution in [2.45, 2.75) is 25.2 Å². The van der Waals surface area contributed by atoms with E-state index in [1.54, 1.807) is 12.1 Å². The van der Waals surface area contributed by atoms with E-state index in [1.807, 2.05) is 0 Å². The fraction of sp³-hybridized carbons (Fsp3) is 0.438. The van der Waals surface area contributed by atoms with Crippen LogP contribution in [-0.4, -0.2) is 57.2 Å². The van der Waals surface area contributed by atoms with Crippen molar-refractivity contribution in [2.75, 3.05) is 19.7 Å². The zero-order valence-electron chi connectivity index (χ0n) is 13.6. The molecule has 0 radical (unpaired) electrons. The van der Waals surface area contributed by atoms with E-state index in [0.29, 0.717) is 0 Å². The Labute approximate surface area is 146 Å². The number of ether oxygens (including phenoxy) is 1. The molecule has 7 nitrogen and oxygen atoms in total. The van der Waals surface area contributed by atoms with Gasteiger partial charge in [0.25, 0.3) is 0 Å². The normalized spacial score (nSPS) is 18.3. The molecule has 1 aliphatic heterocycles. The Bertz CT molecular complexity index is 834. The average Bonchev–Trinajstić information content (AvgIpc) is 2.93. The smallest absolute Gasteiger partial charge is 0.449 e. The Morgan fingerprint density at radius 2 is 2.04 bits per heavy atom. The number of nitrogens with zero attached hydrogens (tertiary/aromatic N) is 3. The van der Waals surface area contributed by atoms with Crippen molar-refractivity contribution in [1.29, 1.82) is 0 Å². The second-order valence-electron chi connectivity index (χ2n) is 5.94. The fourth-order valence-electron chi connectivity index (χ4n) is 2.95. The quantitative estimate of drug-likeness (QED) is 0.885. The number of hydrogen-bond donors (Lipinski definition) is 1. The number of para-hydroxylation sites is 2. The van der Waals surface area contributed by atoms with Gasteiger partial charge in [0.05, 0.1) is 30.2 Å². The number of carboxylic acids is 1. The minimum atomic E-state index is -4.70. The molecule has 1 fully saturated rings. The summed E-state index contributed by atoms with van der Waals surface area (Å²) < 4.78 is 46.0. The van der Waals surface area contributed by atoms with E-state index < -0.39 is 36.5 Å². The van der Waals surface area contributed by atoms with Gasteiger partial charge in [0, 0.05) is 13.1 Å². The van der Waals surface area contributed by atoms with Crippen molar-refractivity contribution >= 4 is 22.9 Å². The Morgan fingerprint density at radius 3 is 2.73 bits per heavy atom. The molecule has 0 spiro atoms. The number of aliphatic carboxylic acids is 1. The monoisotopic (exact) mass is 371 g/mol. The third-order valence-electron chi connectivity index (χ3n) is 4.10. The number of rotatable bonds is 4. The molecule has 1 amide bonds. The van der Waals surface area contributed by atoms with Crippen molar-refractivity contribution < 1.29 is 32.6 Å². The first kappa shape index (κ1) is 18.2. The number of alkyl halides is 3. The van der Waals surface area contributed by atoms with Crippen LogP contribution in [-0.2, 0) is 27.0 Å². The highest BCUT2D eigenvalue weighted by Gasteiger charge is 2.38. The fourth-order valence-corrected chi connectivity index (χ4v) is 2.95. The highest BCUT2D eigenvalue weighted by molar-refractivity contribution is 5.81. The Kier molecular flexibility index (Phi) is 4.86. The topological polar surface area (TPSA) is 84.7 Å². The molecule has 1 atom stereocenters. The van der Waals surface area contributed by atoms with Crippen LogP contribution in [0.4, 0.5) is 13.2 Å². The van der Waals surface area contributed by atoms with Crippen LogP contribution in [0.15, 0.2) is 24.3 Å². The second kappa shape index (κ2) is 6.94. The van der Waals surface area contributed by atoms with Crippen molar-refractivity contribution in [3.05, 3.63) is 30.1 Å². The van der Waals surface area contributed by atoms with Crippen LogP contribution < -0.4 is 0 Å². The first-order valence-corrected chi connectivity index (χ1v) is 7.89. The zero-order valence-corrected chi connectivity index (χ0v) is 13.6. The van der Waals surface area contributed by atoms with Gasteiger partial charge in [0.2, 0.25) is 11.7 Å². The summed E-state index contributed by atoms with van der Waals surface area (Å²) in [4.78, 5) is 28.2. The second-order valence-corrected chi connectivity index (χ2v) is 5.94. The predicted molar refractivity (Wildman–Crippen MR) is 83.3 cm³/mol. The molecule has 1 N–H and O–H groups in total. The van der Waals surface area contributed by atoms with E-state index in [2.05, 4.69) is 4.98 Å². The number of carbonyl (C=O) groups is 2. The van der Waals surface area contributed by atoms with Crippen LogP contribution in [0.3, 0.4) is 0 Å². The summed E-state index contributed by atoms with van der Waals surface area (Å²) in [7, 11) is 0. The number of hydrogen-bond acceptors (Lipinski definition) is 4. The first-order chi connectivity index (χ1) is 12.3. The van der Waals surface area contributed by atoms with Crippen LogP contribution >= 0.6 is 0 Å². The molecule has 0 aliphatic carbocycles. The minimum Gasteiger partial charge on any atom is -0.481 e. The largest absolute Gasteiger partial charge is 0.481 e. The standard InChI is InChI=1S/C16H16F3N3O4/c17-16(18,19)15-20-11-3-1-2-4-12(11)22(15)9-13(23)21-5-6-26-10(8-21)7-14(24)25/h1-4,10H,5-9H2,(H,24,25). The molecule has 2 aromatic rings. The molecule has 1 unspecified atom stereocenters. The molecule has 3 rings (SSSR count). The number of carbonyl (C=O) groups excluding carboxylic acids is 1. The van der Waals surface area contributed by atoms with E-state index in [0.717, 1.165) is 4.57 Å². The van der Waals surface area contributed by atoms with Crippen molar-refractivity contribution in [3.8, 4) is 0 Å². The molecular formula is C16H16F3N3O4. The number of morpholine rings is 1. The van der Waals surface area contributed by atoms with Crippen molar-refractivity contribution in [2.24, 2.45) is 0 Å². The average molecular weight is 371 g/mol. The molecular weight excluding hydrogens is 355 g/mol. The summed E-state index contributed by atoms with van der Waals surface area (Å²) in [5.41, 5.74) is 0.363. The van der Waals surface area contributed by atoms with Gasteiger partial charge in [-0.05, 0) is 12.1 Å². The molecule has 0 saturated carbocycles. The maximum Gasteiger partial charge on any atom is 0.449 e. The Balaban J connectivity index is 1.84. The lowest BCUT2D eigenvalue weighted by molar-refractivity contribution is -0.151. The van der Waals surface area contributed by atoms with Gasteiger partial charge >= 0.3 is 12.1 Å². The number of fused-ring (bicyclic) bond motifs is 1. The molecule has 1 aromatic heterocycles. The molecule has 1 aromatic carbocycles. The minimum absolute atomic E-state index is 0.0269. The number of imidazole rings is 1. The van der Waals surface area contributed by atoms with Gasteiger partial charge in [0.1, 0.15) is 6.54 Å². The lowest BCUT2D eigenvalue weighted by Crippen LogP contribution is -2.47. The Hall–Kier alpha value is -2.62. The highest BCUT2D eigenvalue weighted by atomic mass is 19.4. The molecule has 10 heteroatoms. The maximum atomic E-state index is 13.3. The summed E-state index contributed by atoms with van der Waals surface area (Å²) >= 11 is 0. The number of benzene rings is 1. The number of amides is 1. The summed E-state index contributed by atoms with van der Waals surface area (Å²) in [6, 6.07) is 6.06. The Morgan fingerprint density at radius 1 is 1.31 bits per heavy atom. The van der Waals surface area contributed by atoms with Crippen LogP contribution in [0.5, 0.6) is 0 Å².